The molecule has 0 heterocycles. The molecule has 0 rings (SSSR count). The molecule has 0 aliphatic carbocycles. The lowest BCUT2D eigenvalue weighted by Gasteiger charge is -2.23. The average molecular weight is 278 g/mol. The maximum atomic E-state index is 11.8. The van der Waals surface area contributed by atoms with Crippen LogP contribution in [0.2, 0.25) is 0 Å². The maximum absolute atomic E-state index is 11.8. The number of nitrogens with one attached hydrogen (secondary N) is 2. The Labute approximate surface area is 110 Å². The number of thiol groups is 1. The van der Waals surface area contributed by atoms with Crippen molar-refractivity contribution in [1.29, 1.82) is 0 Å². The number of rotatable bonds is 7. The van der Waals surface area contributed by atoms with Gasteiger partial charge in [-0.15, -0.1) is 0 Å². The van der Waals surface area contributed by atoms with E-state index in [0.717, 1.165) is 0 Å². The van der Waals surface area contributed by atoms with E-state index in [9.17, 15) is 24.6 Å². The van der Waals surface area contributed by atoms with Gasteiger partial charge < -0.3 is 20.8 Å². The van der Waals surface area contributed by atoms with Crippen molar-refractivity contribution in [2.75, 3.05) is 12.3 Å². The Bertz CT molecular complexity index is 323. The molecular weight excluding hydrogens is 260 g/mol. The molecule has 0 radical (unpaired) electrons. The second kappa shape index (κ2) is 8.06. The Balaban J connectivity index is 4.62. The summed E-state index contributed by atoms with van der Waals surface area (Å²) >= 11 is 3.82. The van der Waals surface area contributed by atoms with Gasteiger partial charge in [-0.05, 0) is 0 Å². The van der Waals surface area contributed by atoms with Gasteiger partial charge in [0.1, 0.15) is 12.1 Å². The van der Waals surface area contributed by atoms with Crippen LogP contribution in [0.3, 0.4) is 0 Å². The summed E-state index contributed by atoms with van der Waals surface area (Å²) in [5, 5.41) is 23.6. The summed E-state index contributed by atoms with van der Waals surface area (Å²) < 4.78 is 0. The lowest BCUT2D eigenvalue weighted by Crippen LogP contribution is -2.54. The molecule has 0 fully saturated rings. The Morgan fingerprint density at radius 1 is 1.17 bits per heavy atom. The van der Waals surface area contributed by atoms with Crippen molar-refractivity contribution in [1.82, 2.24) is 10.6 Å². The van der Waals surface area contributed by atoms with E-state index >= 15 is 0 Å². The van der Waals surface area contributed by atoms with E-state index in [1.165, 1.54) is 13.8 Å². The van der Waals surface area contributed by atoms with Gasteiger partial charge in [-0.1, -0.05) is 0 Å². The summed E-state index contributed by atoms with van der Waals surface area (Å²) in [6.45, 7) is 2.15. The normalized spacial score (nSPS) is 15.4. The number of Topliss-reactive ketones (excluding diaryl/α,β-unsaturated/α-hetero) is 1. The largest absolute Gasteiger partial charge is 0.390 e. The third-order valence-electron chi connectivity index (χ3n) is 2.11. The molecule has 104 valence electrons. The first-order valence-electron chi connectivity index (χ1n) is 5.31. The van der Waals surface area contributed by atoms with Crippen molar-refractivity contribution >= 4 is 30.2 Å². The van der Waals surface area contributed by atoms with Crippen LogP contribution >= 0.6 is 12.6 Å². The van der Waals surface area contributed by atoms with E-state index in [-0.39, 0.29) is 12.3 Å². The van der Waals surface area contributed by atoms with Gasteiger partial charge in [-0.25, -0.2) is 0 Å². The zero-order valence-corrected chi connectivity index (χ0v) is 11.1. The van der Waals surface area contributed by atoms with Gasteiger partial charge in [-0.3, -0.25) is 14.4 Å². The number of aliphatic hydroxyl groups excluding tert-OH is 2. The third-order valence-corrected chi connectivity index (χ3v) is 2.48. The van der Waals surface area contributed by atoms with E-state index in [1.54, 1.807) is 0 Å². The molecule has 8 heteroatoms. The standard InChI is InChI=1S/C10H18N2O5S/c1-5(13)11-3-7(15)10(17)9(8(16)4-18)12-6(2)14/h7-9,15-16,18H,3-4H2,1-2H3,(H,11,13)(H,12,14). The Morgan fingerprint density at radius 3 is 2.11 bits per heavy atom. The van der Waals surface area contributed by atoms with Crippen LogP contribution in [0.25, 0.3) is 0 Å². The Morgan fingerprint density at radius 2 is 1.72 bits per heavy atom. The fourth-order valence-electron chi connectivity index (χ4n) is 1.23. The van der Waals surface area contributed by atoms with Gasteiger partial charge >= 0.3 is 0 Å². The van der Waals surface area contributed by atoms with Crippen LogP contribution in [0, 0.1) is 0 Å². The smallest absolute Gasteiger partial charge is 0.217 e. The summed E-state index contributed by atoms with van der Waals surface area (Å²) in [7, 11) is 0. The fraction of sp³-hybridized carbons (Fsp3) is 0.700. The summed E-state index contributed by atoms with van der Waals surface area (Å²) in [4.78, 5) is 33.3. The highest BCUT2D eigenvalue weighted by Gasteiger charge is 2.31. The first-order valence-corrected chi connectivity index (χ1v) is 5.95. The zero-order valence-electron chi connectivity index (χ0n) is 10.2. The molecular formula is C10H18N2O5S. The molecule has 0 aromatic heterocycles. The van der Waals surface area contributed by atoms with Crippen LogP contribution in [0.1, 0.15) is 13.8 Å². The van der Waals surface area contributed by atoms with Gasteiger partial charge in [0.25, 0.3) is 0 Å². The molecule has 4 N–H and O–H groups in total. The Hall–Kier alpha value is -1.12. The molecule has 0 aliphatic rings. The minimum atomic E-state index is -1.50. The van der Waals surface area contributed by atoms with E-state index in [0.29, 0.717) is 0 Å². The molecule has 0 aromatic carbocycles. The number of hydrogen-bond donors (Lipinski definition) is 5. The number of hydrogen-bond acceptors (Lipinski definition) is 6. The molecule has 0 aliphatic heterocycles. The molecule has 3 unspecified atom stereocenters. The molecule has 2 amide bonds. The minimum Gasteiger partial charge on any atom is -0.390 e. The predicted molar refractivity (Wildman–Crippen MR) is 67.2 cm³/mol. The van der Waals surface area contributed by atoms with Crippen molar-refractivity contribution in [2.45, 2.75) is 32.1 Å². The highest BCUT2D eigenvalue weighted by atomic mass is 32.1. The number of carbonyl (C=O) groups excluding carboxylic acids is 3. The van der Waals surface area contributed by atoms with E-state index in [4.69, 9.17) is 0 Å². The zero-order chi connectivity index (χ0) is 14.3. The lowest BCUT2D eigenvalue weighted by molar-refractivity contribution is -0.135. The summed E-state index contributed by atoms with van der Waals surface area (Å²) in [6, 6.07) is -1.25. The number of ketones is 1. The number of aliphatic hydroxyl groups is 2. The highest BCUT2D eigenvalue weighted by Crippen LogP contribution is 2.02. The van der Waals surface area contributed by atoms with Crippen LogP contribution in [0.15, 0.2) is 0 Å². The SMILES string of the molecule is CC(=O)NCC(O)C(=O)C(NC(C)=O)C(O)CS. The van der Waals surface area contributed by atoms with Gasteiger partial charge in [0.15, 0.2) is 5.78 Å². The summed E-state index contributed by atoms with van der Waals surface area (Å²) in [5.41, 5.74) is 0. The molecule has 0 aromatic rings. The van der Waals surface area contributed by atoms with E-state index < -0.39 is 35.8 Å². The maximum Gasteiger partial charge on any atom is 0.217 e. The number of carbonyl (C=O) groups is 3. The van der Waals surface area contributed by atoms with Crippen LogP contribution < -0.4 is 10.6 Å². The van der Waals surface area contributed by atoms with Gasteiger partial charge in [0, 0.05) is 19.6 Å². The van der Waals surface area contributed by atoms with Crippen LogP contribution in [0.4, 0.5) is 0 Å². The van der Waals surface area contributed by atoms with Crippen molar-refractivity contribution in [2.24, 2.45) is 0 Å². The molecule has 0 saturated heterocycles. The van der Waals surface area contributed by atoms with Crippen molar-refractivity contribution in [3.63, 3.8) is 0 Å². The summed E-state index contributed by atoms with van der Waals surface area (Å²) in [5.74, 6) is -1.74. The topological polar surface area (TPSA) is 116 Å². The molecule has 3 atom stereocenters. The van der Waals surface area contributed by atoms with Gasteiger partial charge in [-0.2, -0.15) is 12.6 Å². The van der Waals surface area contributed by atoms with Gasteiger partial charge in [0.2, 0.25) is 11.8 Å². The summed E-state index contributed by atoms with van der Waals surface area (Å²) in [6.07, 6.45) is -2.71. The highest BCUT2D eigenvalue weighted by molar-refractivity contribution is 7.80. The van der Waals surface area contributed by atoms with Crippen molar-refractivity contribution in [3.8, 4) is 0 Å². The van der Waals surface area contributed by atoms with Crippen LogP contribution in [0.5, 0.6) is 0 Å². The molecule has 0 bridgehead atoms. The van der Waals surface area contributed by atoms with Crippen molar-refractivity contribution in [3.05, 3.63) is 0 Å². The molecule has 0 saturated carbocycles. The van der Waals surface area contributed by atoms with Crippen LogP contribution in [-0.2, 0) is 14.4 Å². The second-order valence-electron chi connectivity index (χ2n) is 3.78. The Kier molecular flexibility index (Phi) is 7.56. The molecule has 18 heavy (non-hydrogen) atoms. The third kappa shape index (κ3) is 5.99. The van der Waals surface area contributed by atoms with Gasteiger partial charge in [0.05, 0.1) is 12.6 Å². The number of amides is 2. The predicted octanol–water partition coefficient (Wildman–Crippen LogP) is -2.15. The van der Waals surface area contributed by atoms with Crippen LogP contribution in [-0.4, -0.2) is 58.4 Å². The minimum absolute atomic E-state index is 0.0520. The quantitative estimate of drug-likeness (QED) is 0.340. The first-order chi connectivity index (χ1) is 8.29. The van der Waals surface area contributed by atoms with E-state index in [2.05, 4.69) is 23.3 Å². The molecule has 0 spiro atoms. The fourth-order valence-corrected chi connectivity index (χ4v) is 1.44. The molecule has 7 nitrogen and oxygen atoms in total. The first kappa shape index (κ1) is 16.9. The van der Waals surface area contributed by atoms with E-state index in [1.807, 2.05) is 0 Å². The average Bonchev–Trinajstić information content (AvgIpc) is 2.30. The lowest BCUT2D eigenvalue weighted by atomic mass is 10.0. The monoisotopic (exact) mass is 278 g/mol. The second-order valence-corrected chi connectivity index (χ2v) is 4.15. The van der Waals surface area contributed by atoms with Crippen molar-refractivity contribution < 1.29 is 24.6 Å².